The Labute approximate surface area is 191 Å². The summed E-state index contributed by atoms with van der Waals surface area (Å²) in [5, 5.41) is 11.1. The number of hydrogen-bond donors (Lipinski definition) is 1. The predicted molar refractivity (Wildman–Crippen MR) is 124 cm³/mol. The molecule has 0 radical (unpaired) electrons. The van der Waals surface area contributed by atoms with E-state index in [1.165, 1.54) is 23.1 Å². The maximum Gasteiger partial charge on any atom is 0.295 e. The fraction of sp³-hybridized carbons (Fsp3) is 0.192. The molecule has 6 nitrogen and oxygen atoms in total. The molecule has 0 aliphatic carbocycles. The van der Waals surface area contributed by atoms with Crippen LogP contribution in [0.15, 0.2) is 72.6 Å². The fourth-order valence-electron chi connectivity index (χ4n) is 3.92. The number of Topliss-reactive ketones (excluding diaryl/α,β-unsaturated/α-hetero) is 1. The number of anilines is 1. The van der Waals surface area contributed by atoms with Gasteiger partial charge in [-0.1, -0.05) is 24.3 Å². The Hall–Kier alpha value is -4.00. The Bertz CT molecular complexity index is 1240. The minimum absolute atomic E-state index is 0.0603. The number of halogens is 1. The number of amides is 1. The van der Waals surface area contributed by atoms with Crippen molar-refractivity contribution in [2.75, 3.05) is 19.0 Å². The van der Waals surface area contributed by atoms with Crippen molar-refractivity contribution >= 4 is 23.1 Å². The number of aromatic nitrogens is 1. The molecular formula is C26H24FN3O3. The van der Waals surface area contributed by atoms with Gasteiger partial charge in [0.25, 0.3) is 11.7 Å². The highest BCUT2D eigenvalue weighted by Gasteiger charge is 2.46. The predicted octanol–water partition coefficient (Wildman–Crippen LogP) is 4.22. The van der Waals surface area contributed by atoms with Crippen LogP contribution in [0.1, 0.15) is 28.3 Å². The Morgan fingerprint density at radius 2 is 1.73 bits per heavy atom. The summed E-state index contributed by atoms with van der Waals surface area (Å²) in [5.74, 6) is -2.42. The minimum atomic E-state index is -0.821. The first kappa shape index (κ1) is 22.2. The van der Waals surface area contributed by atoms with Gasteiger partial charge in [-0.15, -0.1) is 0 Å². The van der Waals surface area contributed by atoms with Crippen LogP contribution in [0.5, 0.6) is 0 Å². The van der Waals surface area contributed by atoms with Crippen molar-refractivity contribution in [3.63, 3.8) is 0 Å². The van der Waals surface area contributed by atoms with Crippen LogP contribution in [-0.2, 0) is 16.1 Å². The van der Waals surface area contributed by atoms with Gasteiger partial charge in [-0.2, -0.15) is 0 Å². The molecule has 1 atom stereocenters. The summed E-state index contributed by atoms with van der Waals surface area (Å²) < 4.78 is 14.2. The van der Waals surface area contributed by atoms with Gasteiger partial charge in [0, 0.05) is 44.3 Å². The number of carbonyl (C=O) groups excluding carboxylic acids is 2. The Morgan fingerprint density at radius 3 is 2.33 bits per heavy atom. The number of aryl methyl sites for hydroxylation is 1. The third-order valence-corrected chi connectivity index (χ3v) is 5.81. The molecule has 1 aliphatic rings. The third kappa shape index (κ3) is 4.22. The zero-order chi connectivity index (χ0) is 23.7. The number of aliphatic hydroxyl groups is 1. The number of rotatable bonds is 5. The zero-order valence-corrected chi connectivity index (χ0v) is 18.6. The second kappa shape index (κ2) is 8.86. The number of nitrogens with zero attached hydrogens (tertiary/aromatic N) is 3. The van der Waals surface area contributed by atoms with E-state index in [4.69, 9.17) is 0 Å². The van der Waals surface area contributed by atoms with E-state index in [0.29, 0.717) is 11.1 Å². The van der Waals surface area contributed by atoms with E-state index < -0.39 is 29.3 Å². The highest BCUT2D eigenvalue weighted by atomic mass is 19.1. The van der Waals surface area contributed by atoms with Gasteiger partial charge in [0.15, 0.2) is 0 Å². The summed E-state index contributed by atoms with van der Waals surface area (Å²) in [6, 6.07) is 14.4. The van der Waals surface area contributed by atoms with Crippen molar-refractivity contribution in [1.82, 2.24) is 9.88 Å². The molecule has 1 aliphatic heterocycles. The molecule has 1 N–H and O–H groups in total. The van der Waals surface area contributed by atoms with E-state index in [-0.39, 0.29) is 17.7 Å². The van der Waals surface area contributed by atoms with Gasteiger partial charge < -0.3 is 14.9 Å². The lowest BCUT2D eigenvalue weighted by molar-refractivity contribution is -0.140. The molecule has 1 amide bonds. The van der Waals surface area contributed by atoms with Crippen LogP contribution in [0.25, 0.3) is 5.76 Å². The van der Waals surface area contributed by atoms with Crippen LogP contribution in [-0.4, -0.2) is 40.8 Å². The molecule has 2 aromatic carbocycles. The minimum Gasteiger partial charge on any atom is -0.507 e. The average Bonchev–Trinajstić information content (AvgIpc) is 3.06. The number of likely N-dealkylation sites (tertiary alicyclic amines) is 1. The Morgan fingerprint density at radius 1 is 1.06 bits per heavy atom. The van der Waals surface area contributed by atoms with Gasteiger partial charge in [0.2, 0.25) is 0 Å². The SMILES string of the molecule is Cc1ccc(C(O)=C2C(=O)C(=O)N(Cc3ccncc3)C2c2ccc(N(C)C)cc2)cc1F. The molecule has 1 aromatic heterocycles. The first-order chi connectivity index (χ1) is 15.8. The van der Waals surface area contributed by atoms with Gasteiger partial charge in [0.05, 0.1) is 11.6 Å². The second-order valence-electron chi connectivity index (χ2n) is 8.23. The molecule has 0 spiro atoms. The van der Waals surface area contributed by atoms with Gasteiger partial charge in [0.1, 0.15) is 11.6 Å². The normalized spacial score (nSPS) is 17.5. The van der Waals surface area contributed by atoms with Gasteiger partial charge >= 0.3 is 0 Å². The first-order valence-corrected chi connectivity index (χ1v) is 10.5. The number of carbonyl (C=O) groups is 2. The standard InChI is InChI=1S/C26H24FN3O3/c1-16-4-5-19(14-21(16)27)24(31)22-23(18-6-8-20(9-7-18)29(2)3)30(26(33)25(22)32)15-17-10-12-28-13-11-17/h4-14,23,31H,15H2,1-3H3. The monoisotopic (exact) mass is 445 g/mol. The maximum absolute atomic E-state index is 14.2. The molecule has 4 rings (SSSR count). The number of hydrogen-bond acceptors (Lipinski definition) is 5. The zero-order valence-electron chi connectivity index (χ0n) is 18.6. The van der Waals surface area contributed by atoms with Crippen molar-refractivity contribution < 1.29 is 19.1 Å². The van der Waals surface area contributed by atoms with Crippen LogP contribution in [0.4, 0.5) is 10.1 Å². The lowest BCUT2D eigenvalue weighted by Gasteiger charge is -2.26. The molecule has 1 saturated heterocycles. The smallest absolute Gasteiger partial charge is 0.295 e. The van der Waals surface area contributed by atoms with Crippen molar-refractivity contribution in [3.8, 4) is 0 Å². The summed E-state index contributed by atoms with van der Waals surface area (Å²) in [6.07, 6.45) is 3.23. The Kier molecular flexibility index (Phi) is 5.96. The number of benzene rings is 2. The average molecular weight is 445 g/mol. The molecular weight excluding hydrogens is 421 g/mol. The molecule has 0 bridgehead atoms. The lowest BCUT2D eigenvalue weighted by Crippen LogP contribution is -2.29. The molecule has 7 heteroatoms. The number of ketones is 1. The molecule has 168 valence electrons. The van der Waals surface area contributed by atoms with Crippen molar-refractivity contribution in [2.45, 2.75) is 19.5 Å². The third-order valence-electron chi connectivity index (χ3n) is 5.81. The van der Waals surface area contributed by atoms with E-state index >= 15 is 0 Å². The molecule has 2 heterocycles. The van der Waals surface area contributed by atoms with Crippen molar-refractivity contribution in [1.29, 1.82) is 0 Å². The highest BCUT2D eigenvalue weighted by molar-refractivity contribution is 6.46. The van der Waals surface area contributed by atoms with Crippen molar-refractivity contribution in [3.05, 3.63) is 101 Å². The van der Waals surface area contributed by atoms with Crippen molar-refractivity contribution in [2.24, 2.45) is 0 Å². The van der Waals surface area contributed by atoms with E-state index in [1.54, 1.807) is 31.5 Å². The van der Waals surface area contributed by atoms with E-state index in [1.807, 2.05) is 43.3 Å². The number of aliphatic hydroxyl groups excluding tert-OH is 1. The summed E-state index contributed by atoms with van der Waals surface area (Å²) in [4.78, 5) is 33.5. The van der Waals surface area contributed by atoms with Crippen LogP contribution in [0.2, 0.25) is 0 Å². The molecule has 1 fully saturated rings. The van der Waals surface area contributed by atoms with E-state index in [0.717, 1.165) is 11.3 Å². The van der Waals surface area contributed by atoms with Gasteiger partial charge in [-0.25, -0.2) is 4.39 Å². The summed E-state index contributed by atoms with van der Waals surface area (Å²) >= 11 is 0. The lowest BCUT2D eigenvalue weighted by atomic mass is 9.94. The largest absolute Gasteiger partial charge is 0.507 e. The second-order valence-corrected chi connectivity index (χ2v) is 8.23. The summed E-state index contributed by atoms with van der Waals surface area (Å²) in [6.45, 7) is 1.77. The highest BCUT2D eigenvalue weighted by Crippen LogP contribution is 2.40. The quantitative estimate of drug-likeness (QED) is 0.362. The van der Waals surface area contributed by atoms with Crippen LogP contribution < -0.4 is 4.90 Å². The molecule has 1 unspecified atom stereocenters. The topological polar surface area (TPSA) is 73.7 Å². The van der Waals surface area contributed by atoms with Gasteiger partial charge in [-0.3, -0.25) is 14.6 Å². The van der Waals surface area contributed by atoms with E-state index in [9.17, 15) is 19.1 Å². The molecule has 0 saturated carbocycles. The summed E-state index contributed by atoms with van der Waals surface area (Å²) in [5.41, 5.74) is 2.92. The fourth-order valence-corrected chi connectivity index (χ4v) is 3.92. The Balaban J connectivity index is 1.86. The number of pyridine rings is 1. The van der Waals surface area contributed by atoms with Crippen LogP contribution in [0, 0.1) is 12.7 Å². The van der Waals surface area contributed by atoms with Crippen LogP contribution in [0.3, 0.4) is 0 Å². The molecule has 33 heavy (non-hydrogen) atoms. The van der Waals surface area contributed by atoms with Crippen LogP contribution >= 0.6 is 0 Å². The summed E-state index contributed by atoms with van der Waals surface area (Å²) in [7, 11) is 3.83. The first-order valence-electron chi connectivity index (χ1n) is 10.5. The molecule has 3 aromatic rings. The van der Waals surface area contributed by atoms with Gasteiger partial charge in [-0.05, 0) is 53.9 Å². The van der Waals surface area contributed by atoms with E-state index in [2.05, 4.69) is 4.98 Å². The maximum atomic E-state index is 14.2.